The zero-order chi connectivity index (χ0) is 34.3. The SMILES string of the molecule is C=C/C=C\C=C\c1cc(-c2ccc(-c3cccnc3)cc2)nc(-c2ccc(-c3c(C=C)c(C=C)c(-c4ccccc4)c4ccccc34)cc2)n1. The van der Waals surface area contributed by atoms with Gasteiger partial charge in [0.15, 0.2) is 5.82 Å². The van der Waals surface area contributed by atoms with Crippen molar-refractivity contribution in [3.63, 3.8) is 0 Å². The summed E-state index contributed by atoms with van der Waals surface area (Å²) in [6.45, 7) is 12.2. The lowest BCUT2D eigenvalue weighted by Gasteiger charge is -2.20. The summed E-state index contributed by atoms with van der Waals surface area (Å²) in [6, 6.07) is 42.0. The molecule has 0 saturated heterocycles. The summed E-state index contributed by atoms with van der Waals surface area (Å²) in [6.07, 6.45) is 17.1. The fourth-order valence-electron chi connectivity index (χ4n) is 6.41. The largest absolute Gasteiger partial charge is 0.264 e. The lowest BCUT2D eigenvalue weighted by atomic mass is 9.83. The van der Waals surface area contributed by atoms with Crippen molar-refractivity contribution in [1.29, 1.82) is 0 Å². The zero-order valence-electron chi connectivity index (χ0n) is 27.7. The average Bonchev–Trinajstić information content (AvgIpc) is 3.19. The van der Waals surface area contributed by atoms with Gasteiger partial charge in [0.1, 0.15) is 0 Å². The molecule has 3 nitrogen and oxygen atoms in total. The third kappa shape index (κ3) is 6.41. The van der Waals surface area contributed by atoms with Crippen molar-refractivity contribution in [1.82, 2.24) is 15.0 Å². The van der Waals surface area contributed by atoms with Crippen molar-refractivity contribution in [2.45, 2.75) is 0 Å². The van der Waals surface area contributed by atoms with Gasteiger partial charge >= 0.3 is 0 Å². The van der Waals surface area contributed by atoms with E-state index < -0.39 is 0 Å². The second-order valence-electron chi connectivity index (χ2n) is 11.8. The van der Waals surface area contributed by atoms with Crippen molar-refractivity contribution < 1.29 is 0 Å². The topological polar surface area (TPSA) is 38.7 Å². The summed E-state index contributed by atoms with van der Waals surface area (Å²) in [7, 11) is 0. The molecule has 7 aromatic rings. The Bertz CT molecular complexity index is 2380. The normalized spacial score (nSPS) is 11.3. The van der Waals surface area contributed by atoms with E-state index in [4.69, 9.17) is 9.97 Å². The number of aromatic nitrogens is 3. The molecule has 0 radical (unpaired) electrons. The Morgan fingerprint density at radius 3 is 1.68 bits per heavy atom. The molecule has 0 amide bonds. The predicted molar refractivity (Wildman–Crippen MR) is 213 cm³/mol. The minimum Gasteiger partial charge on any atom is -0.264 e. The molecular weight excluding hydrogens is 607 g/mol. The Morgan fingerprint density at radius 1 is 0.480 bits per heavy atom. The second-order valence-corrected chi connectivity index (χ2v) is 11.8. The second kappa shape index (κ2) is 14.6. The highest BCUT2D eigenvalue weighted by Crippen LogP contribution is 2.43. The summed E-state index contributed by atoms with van der Waals surface area (Å²) >= 11 is 0. The number of nitrogens with zero attached hydrogens (tertiary/aromatic N) is 3. The Kier molecular flexibility index (Phi) is 9.30. The Morgan fingerprint density at radius 2 is 1.06 bits per heavy atom. The molecule has 0 unspecified atom stereocenters. The number of allylic oxidation sites excluding steroid dienone is 4. The quantitative estimate of drug-likeness (QED) is 0.140. The van der Waals surface area contributed by atoms with Gasteiger partial charge in [0.05, 0.1) is 11.4 Å². The summed E-state index contributed by atoms with van der Waals surface area (Å²) in [4.78, 5) is 14.3. The molecule has 5 aromatic carbocycles. The van der Waals surface area contributed by atoms with Gasteiger partial charge in [0, 0.05) is 23.5 Å². The van der Waals surface area contributed by atoms with Crippen LogP contribution in [-0.2, 0) is 0 Å². The van der Waals surface area contributed by atoms with Gasteiger partial charge in [-0.25, -0.2) is 9.97 Å². The molecule has 0 fully saturated rings. The fourth-order valence-corrected chi connectivity index (χ4v) is 6.41. The van der Waals surface area contributed by atoms with Crippen LogP contribution in [0.15, 0.2) is 178 Å². The number of hydrogen-bond acceptors (Lipinski definition) is 3. The van der Waals surface area contributed by atoms with Crippen LogP contribution in [0.25, 0.3) is 85.0 Å². The highest BCUT2D eigenvalue weighted by Gasteiger charge is 2.19. The van der Waals surface area contributed by atoms with Crippen LogP contribution in [0, 0.1) is 0 Å². The molecule has 0 bridgehead atoms. The van der Waals surface area contributed by atoms with Crippen molar-refractivity contribution >= 4 is 29.0 Å². The first-order chi connectivity index (χ1) is 24.7. The van der Waals surface area contributed by atoms with E-state index in [2.05, 4.69) is 128 Å². The molecule has 0 atom stereocenters. The summed E-state index contributed by atoms with van der Waals surface area (Å²) in [5, 5.41) is 2.33. The van der Waals surface area contributed by atoms with Gasteiger partial charge in [0.2, 0.25) is 0 Å². The molecule has 2 heterocycles. The van der Waals surface area contributed by atoms with E-state index in [1.165, 1.54) is 5.39 Å². The van der Waals surface area contributed by atoms with E-state index in [9.17, 15) is 0 Å². The van der Waals surface area contributed by atoms with Gasteiger partial charge in [-0.05, 0) is 73.5 Å². The van der Waals surface area contributed by atoms with Crippen LogP contribution in [0.1, 0.15) is 16.8 Å². The van der Waals surface area contributed by atoms with E-state index >= 15 is 0 Å². The van der Waals surface area contributed by atoms with E-state index in [1.54, 1.807) is 12.3 Å². The molecule has 7 rings (SSSR count). The smallest absolute Gasteiger partial charge is 0.160 e. The van der Waals surface area contributed by atoms with Crippen LogP contribution in [0.5, 0.6) is 0 Å². The molecular formula is C47H35N3. The fraction of sp³-hybridized carbons (Fsp3) is 0. The van der Waals surface area contributed by atoms with E-state index in [-0.39, 0.29) is 0 Å². The molecule has 0 N–H and O–H groups in total. The van der Waals surface area contributed by atoms with Crippen LogP contribution in [0.4, 0.5) is 0 Å². The molecule has 3 heteroatoms. The highest BCUT2D eigenvalue weighted by atomic mass is 14.9. The first-order valence-corrected chi connectivity index (χ1v) is 16.5. The molecule has 0 aliphatic heterocycles. The van der Waals surface area contributed by atoms with Crippen molar-refractivity contribution in [3.8, 4) is 56.0 Å². The first-order valence-electron chi connectivity index (χ1n) is 16.5. The summed E-state index contributed by atoms with van der Waals surface area (Å²) < 4.78 is 0. The van der Waals surface area contributed by atoms with E-state index in [0.717, 1.165) is 72.4 Å². The van der Waals surface area contributed by atoms with Gasteiger partial charge in [0.25, 0.3) is 0 Å². The Balaban J connectivity index is 1.32. The van der Waals surface area contributed by atoms with E-state index in [0.29, 0.717) is 5.82 Å². The zero-order valence-corrected chi connectivity index (χ0v) is 27.7. The van der Waals surface area contributed by atoms with Gasteiger partial charge < -0.3 is 0 Å². The molecule has 0 aliphatic carbocycles. The van der Waals surface area contributed by atoms with Crippen molar-refractivity contribution in [3.05, 3.63) is 195 Å². The van der Waals surface area contributed by atoms with Crippen molar-refractivity contribution in [2.75, 3.05) is 0 Å². The van der Waals surface area contributed by atoms with Crippen LogP contribution >= 0.6 is 0 Å². The first kappa shape index (κ1) is 31.9. The molecule has 50 heavy (non-hydrogen) atoms. The summed E-state index contributed by atoms with van der Waals surface area (Å²) in [5.74, 6) is 0.651. The minimum absolute atomic E-state index is 0.651. The molecule has 0 aliphatic rings. The average molecular weight is 642 g/mol. The maximum Gasteiger partial charge on any atom is 0.160 e. The van der Waals surface area contributed by atoms with Crippen molar-refractivity contribution in [2.24, 2.45) is 0 Å². The maximum absolute atomic E-state index is 5.06. The van der Waals surface area contributed by atoms with Crippen LogP contribution < -0.4 is 0 Å². The Hall–Kier alpha value is -6.71. The van der Waals surface area contributed by atoms with Gasteiger partial charge in [-0.2, -0.15) is 0 Å². The van der Waals surface area contributed by atoms with Crippen LogP contribution in [0.3, 0.4) is 0 Å². The van der Waals surface area contributed by atoms with E-state index in [1.807, 2.05) is 60.9 Å². The molecule has 2 aromatic heterocycles. The van der Waals surface area contributed by atoms with Gasteiger partial charge in [-0.15, -0.1) is 0 Å². The number of hydrogen-bond donors (Lipinski definition) is 0. The number of fused-ring (bicyclic) bond motifs is 1. The minimum atomic E-state index is 0.651. The monoisotopic (exact) mass is 641 g/mol. The lowest BCUT2D eigenvalue weighted by Crippen LogP contribution is -1.97. The molecule has 0 spiro atoms. The highest BCUT2D eigenvalue weighted by molar-refractivity contribution is 6.11. The third-order valence-corrected chi connectivity index (χ3v) is 8.74. The molecule has 0 saturated carbocycles. The predicted octanol–water partition coefficient (Wildman–Crippen LogP) is 12.4. The van der Waals surface area contributed by atoms with Gasteiger partial charge in [-0.3, -0.25) is 4.98 Å². The van der Waals surface area contributed by atoms with Crippen LogP contribution in [0.2, 0.25) is 0 Å². The Labute approximate surface area is 293 Å². The number of pyridine rings is 1. The van der Waals surface area contributed by atoms with Gasteiger partial charge in [-0.1, -0.05) is 165 Å². The molecule has 238 valence electrons. The maximum atomic E-state index is 5.06. The number of benzene rings is 5. The summed E-state index contributed by atoms with van der Waals surface area (Å²) in [5.41, 5.74) is 12.4. The standard InChI is InChI=1S/C47H35N3/c1-4-7-8-12-19-39-31-44(34-24-22-33(23-25-34)38-18-15-30-48-32-38)50-47(49-39)37-28-26-36(27-29-37)46-41(6-3)40(5-2)45(35-16-10-9-11-17-35)42-20-13-14-21-43(42)46/h4-32H,1-3H2/b8-7-,19-12+. The lowest BCUT2D eigenvalue weighted by molar-refractivity contribution is 1.16. The number of rotatable bonds is 10. The third-order valence-electron chi connectivity index (χ3n) is 8.74. The van der Waals surface area contributed by atoms with Crippen LogP contribution in [-0.4, -0.2) is 15.0 Å².